The highest BCUT2D eigenvalue weighted by Gasteiger charge is 2.08. The van der Waals surface area contributed by atoms with Gasteiger partial charge in [0.25, 0.3) is 0 Å². The van der Waals surface area contributed by atoms with Crippen LogP contribution in [-0.2, 0) is 4.79 Å². The van der Waals surface area contributed by atoms with E-state index in [2.05, 4.69) is 15.5 Å². The third-order valence-electron chi connectivity index (χ3n) is 2.12. The van der Waals surface area contributed by atoms with Gasteiger partial charge in [-0.3, -0.25) is 9.59 Å². The molecule has 0 aliphatic carbocycles. The Labute approximate surface area is 122 Å². The fraction of sp³-hybridized carbons (Fsp3) is 0.0909. The number of nitrogens with one attached hydrogen (secondary N) is 1. The van der Waals surface area contributed by atoms with Gasteiger partial charge >= 0.3 is 5.97 Å². The van der Waals surface area contributed by atoms with E-state index >= 15 is 0 Å². The van der Waals surface area contributed by atoms with Crippen LogP contribution < -0.4 is 11.1 Å². The monoisotopic (exact) mass is 310 g/mol. The molecule has 0 aliphatic heterocycles. The smallest absolute Gasteiger partial charge is 0.313 e. The number of carbonyl (C=O) groups is 2. The van der Waals surface area contributed by atoms with Crippen LogP contribution in [0.2, 0.25) is 0 Å². The lowest BCUT2D eigenvalue weighted by Gasteiger charge is -2.02. The Kier molecular flexibility index (Phi) is 4.53. The standard InChI is InChI=1S/C11H10N4O3S2/c12-9(18)6-2-1-3-7(4-6)13-10-14-15-11(20-10)19-5-8(16)17/h1-4H,5H2,(H2,12,18)(H,13,14)(H,16,17). The van der Waals surface area contributed by atoms with E-state index < -0.39 is 11.9 Å². The zero-order valence-electron chi connectivity index (χ0n) is 10.1. The molecule has 0 saturated heterocycles. The largest absolute Gasteiger partial charge is 0.481 e. The van der Waals surface area contributed by atoms with Gasteiger partial charge in [-0.15, -0.1) is 10.2 Å². The first-order valence-corrected chi connectivity index (χ1v) is 7.20. The first-order chi connectivity index (χ1) is 9.54. The fourth-order valence-corrected chi connectivity index (χ4v) is 2.81. The predicted octanol–water partition coefficient (Wildman–Crippen LogP) is 1.56. The van der Waals surface area contributed by atoms with Crippen LogP contribution in [-0.4, -0.2) is 32.9 Å². The Bertz CT molecular complexity index is 644. The van der Waals surface area contributed by atoms with Crippen LogP contribution >= 0.6 is 23.1 Å². The zero-order chi connectivity index (χ0) is 14.5. The molecule has 7 nitrogen and oxygen atoms in total. The maximum Gasteiger partial charge on any atom is 0.313 e. The molecule has 1 aromatic carbocycles. The van der Waals surface area contributed by atoms with Crippen LogP contribution in [0.3, 0.4) is 0 Å². The summed E-state index contributed by atoms with van der Waals surface area (Å²) in [6.45, 7) is 0. The summed E-state index contributed by atoms with van der Waals surface area (Å²) in [4.78, 5) is 21.5. The number of carboxylic acid groups (broad SMARTS) is 1. The summed E-state index contributed by atoms with van der Waals surface area (Å²) in [7, 11) is 0. The molecule has 1 aromatic heterocycles. The highest BCUT2D eigenvalue weighted by molar-refractivity contribution is 8.01. The van der Waals surface area contributed by atoms with Crippen molar-refractivity contribution in [2.75, 3.05) is 11.1 Å². The fourth-order valence-electron chi connectivity index (χ4n) is 1.32. The number of nitrogens with zero attached hydrogens (tertiary/aromatic N) is 2. The number of carbonyl (C=O) groups excluding carboxylic acids is 1. The summed E-state index contributed by atoms with van der Waals surface area (Å²) >= 11 is 2.33. The Morgan fingerprint density at radius 3 is 2.90 bits per heavy atom. The van der Waals surface area contributed by atoms with Gasteiger partial charge in [-0.2, -0.15) is 0 Å². The van der Waals surface area contributed by atoms with Gasteiger partial charge < -0.3 is 16.2 Å². The molecule has 0 atom stereocenters. The average molecular weight is 310 g/mol. The molecular weight excluding hydrogens is 300 g/mol. The number of amides is 1. The molecule has 0 spiro atoms. The second-order valence-electron chi connectivity index (χ2n) is 3.63. The Hall–Kier alpha value is -2.13. The van der Waals surface area contributed by atoms with Crippen LogP contribution in [0.25, 0.3) is 0 Å². The molecule has 9 heteroatoms. The van der Waals surface area contributed by atoms with Gasteiger partial charge in [0.05, 0.1) is 5.75 Å². The van der Waals surface area contributed by atoms with E-state index in [1.807, 2.05) is 0 Å². The normalized spacial score (nSPS) is 10.2. The van der Waals surface area contributed by atoms with Gasteiger partial charge in [-0.25, -0.2) is 0 Å². The lowest BCUT2D eigenvalue weighted by Crippen LogP contribution is -2.10. The molecule has 0 saturated carbocycles. The number of carboxylic acids is 1. The van der Waals surface area contributed by atoms with Crippen molar-refractivity contribution in [3.8, 4) is 0 Å². The van der Waals surface area contributed by atoms with Gasteiger partial charge in [-0.05, 0) is 18.2 Å². The second kappa shape index (κ2) is 6.35. The molecule has 1 heterocycles. The number of benzene rings is 1. The second-order valence-corrected chi connectivity index (χ2v) is 5.83. The van der Waals surface area contributed by atoms with Gasteiger partial charge in [0.2, 0.25) is 11.0 Å². The Morgan fingerprint density at radius 2 is 2.20 bits per heavy atom. The quantitative estimate of drug-likeness (QED) is 0.693. The van der Waals surface area contributed by atoms with Crippen LogP contribution in [0.1, 0.15) is 10.4 Å². The van der Waals surface area contributed by atoms with Crippen LogP contribution in [0.15, 0.2) is 28.6 Å². The Balaban J connectivity index is 2.04. The summed E-state index contributed by atoms with van der Waals surface area (Å²) < 4.78 is 0.556. The maximum absolute atomic E-state index is 11.1. The minimum Gasteiger partial charge on any atom is -0.481 e. The lowest BCUT2D eigenvalue weighted by atomic mass is 10.2. The van der Waals surface area contributed by atoms with E-state index in [1.165, 1.54) is 11.3 Å². The molecule has 0 unspecified atom stereocenters. The van der Waals surface area contributed by atoms with E-state index in [0.29, 0.717) is 20.7 Å². The molecule has 1 amide bonds. The molecule has 0 fully saturated rings. The van der Waals surface area contributed by atoms with Gasteiger partial charge in [0, 0.05) is 11.3 Å². The molecule has 0 radical (unpaired) electrons. The van der Waals surface area contributed by atoms with Crippen molar-refractivity contribution in [3.05, 3.63) is 29.8 Å². The highest BCUT2D eigenvalue weighted by Crippen LogP contribution is 2.27. The third kappa shape index (κ3) is 3.93. The van der Waals surface area contributed by atoms with E-state index in [4.69, 9.17) is 10.8 Å². The summed E-state index contributed by atoms with van der Waals surface area (Å²) in [6, 6.07) is 6.68. The third-order valence-corrected chi connectivity index (χ3v) is 4.08. The summed E-state index contributed by atoms with van der Waals surface area (Å²) in [6.07, 6.45) is 0. The highest BCUT2D eigenvalue weighted by atomic mass is 32.2. The number of rotatable bonds is 6. The minimum absolute atomic E-state index is 0.0637. The van der Waals surface area contributed by atoms with Crippen molar-refractivity contribution >= 4 is 45.8 Å². The maximum atomic E-state index is 11.1. The molecule has 2 rings (SSSR count). The number of hydrogen-bond donors (Lipinski definition) is 3. The first-order valence-electron chi connectivity index (χ1n) is 5.39. The van der Waals surface area contributed by atoms with Crippen LogP contribution in [0.5, 0.6) is 0 Å². The number of nitrogens with two attached hydrogens (primary N) is 1. The molecular formula is C11H10N4O3S2. The van der Waals surface area contributed by atoms with E-state index in [1.54, 1.807) is 24.3 Å². The molecule has 20 heavy (non-hydrogen) atoms. The molecule has 2 aromatic rings. The number of anilines is 2. The molecule has 0 bridgehead atoms. The summed E-state index contributed by atoms with van der Waals surface area (Å²) in [5.74, 6) is -1.48. The molecule has 0 aliphatic rings. The number of hydrogen-bond acceptors (Lipinski definition) is 7. The average Bonchev–Trinajstić information content (AvgIpc) is 2.84. The Morgan fingerprint density at radius 1 is 1.40 bits per heavy atom. The topological polar surface area (TPSA) is 118 Å². The van der Waals surface area contributed by atoms with Crippen molar-refractivity contribution in [2.24, 2.45) is 5.73 Å². The van der Waals surface area contributed by atoms with Gasteiger partial charge in [0.15, 0.2) is 4.34 Å². The number of aromatic nitrogens is 2. The molecule has 104 valence electrons. The lowest BCUT2D eigenvalue weighted by molar-refractivity contribution is -0.133. The van der Waals surface area contributed by atoms with Crippen LogP contribution in [0.4, 0.5) is 10.8 Å². The van der Waals surface area contributed by atoms with Crippen molar-refractivity contribution in [3.63, 3.8) is 0 Å². The number of primary amides is 1. The van der Waals surface area contributed by atoms with Crippen LogP contribution in [0, 0.1) is 0 Å². The van der Waals surface area contributed by atoms with E-state index in [-0.39, 0.29) is 5.75 Å². The SMILES string of the molecule is NC(=O)c1cccc(Nc2nnc(SCC(=O)O)s2)c1. The van der Waals surface area contributed by atoms with Crippen molar-refractivity contribution < 1.29 is 14.7 Å². The minimum atomic E-state index is -0.908. The van der Waals surface area contributed by atoms with Crippen molar-refractivity contribution in [1.29, 1.82) is 0 Å². The number of thioether (sulfide) groups is 1. The zero-order valence-corrected chi connectivity index (χ0v) is 11.7. The van der Waals surface area contributed by atoms with Gasteiger partial charge in [0.1, 0.15) is 0 Å². The number of aliphatic carboxylic acids is 1. The molecule has 4 N–H and O–H groups in total. The predicted molar refractivity (Wildman–Crippen MR) is 76.5 cm³/mol. The summed E-state index contributed by atoms with van der Waals surface area (Å²) in [5.41, 5.74) is 6.25. The van der Waals surface area contributed by atoms with E-state index in [0.717, 1.165) is 11.8 Å². The van der Waals surface area contributed by atoms with Crippen molar-refractivity contribution in [2.45, 2.75) is 4.34 Å². The van der Waals surface area contributed by atoms with E-state index in [9.17, 15) is 9.59 Å². The van der Waals surface area contributed by atoms with Gasteiger partial charge in [-0.1, -0.05) is 29.2 Å². The van der Waals surface area contributed by atoms with Crippen molar-refractivity contribution in [1.82, 2.24) is 10.2 Å². The first kappa shape index (κ1) is 14.3. The summed E-state index contributed by atoms with van der Waals surface area (Å²) in [5, 5.41) is 19.8.